The first-order valence-electron chi connectivity index (χ1n) is 6.10. The second kappa shape index (κ2) is 4.25. The van der Waals surface area contributed by atoms with Gasteiger partial charge in [0.2, 0.25) is 5.91 Å². The first kappa shape index (κ1) is 13.9. The quantitative estimate of drug-likeness (QED) is 0.753. The normalized spacial score (nSPS) is 19.9. The molecule has 2 rings (SSSR count). The highest BCUT2D eigenvalue weighted by atomic mass is 19.4. The van der Waals surface area contributed by atoms with Crippen LogP contribution in [0.25, 0.3) is 0 Å². The number of nitrogens with one attached hydrogen (secondary N) is 1. The fraction of sp³-hybridized carbons (Fsp3) is 0.500. The summed E-state index contributed by atoms with van der Waals surface area (Å²) in [6, 6.07) is 3.58. The van der Waals surface area contributed by atoms with E-state index in [1.54, 1.807) is 0 Å². The van der Waals surface area contributed by atoms with Gasteiger partial charge in [-0.05, 0) is 29.0 Å². The smallest absolute Gasteiger partial charge is 0.326 e. The van der Waals surface area contributed by atoms with Crippen LogP contribution in [0.15, 0.2) is 18.2 Å². The number of anilines is 1. The van der Waals surface area contributed by atoms with E-state index < -0.39 is 11.7 Å². The highest BCUT2D eigenvalue weighted by molar-refractivity contribution is 5.95. The number of fused-ring (bicyclic) bond motifs is 1. The molecule has 2 nitrogen and oxygen atoms in total. The molecule has 0 spiro atoms. The maximum Gasteiger partial charge on any atom is 0.416 e. The Bertz CT molecular complexity index is 514. The largest absolute Gasteiger partial charge is 0.416 e. The van der Waals surface area contributed by atoms with Crippen molar-refractivity contribution in [1.82, 2.24) is 0 Å². The van der Waals surface area contributed by atoms with Crippen molar-refractivity contribution >= 4 is 11.6 Å². The number of carbonyl (C=O) groups excluding carboxylic acids is 1. The van der Waals surface area contributed by atoms with Crippen LogP contribution < -0.4 is 5.32 Å². The summed E-state index contributed by atoms with van der Waals surface area (Å²) in [5.41, 5.74) is 0.152. The molecular weight excluding hydrogens is 255 g/mol. The molecule has 1 atom stereocenters. The lowest BCUT2D eigenvalue weighted by atomic mass is 9.72. The molecule has 0 fully saturated rings. The van der Waals surface area contributed by atoms with Crippen molar-refractivity contribution in [3.05, 3.63) is 29.3 Å². The lowest BCUT2D eigenvalue weighted by molar-refractivity contribution is -0.137. The second-order valence-corrected chi connectivity index (χ2v) is 5.97. The fourth-order valence-corrected chi connectivity index (χ4v) is 2.41. The molecular formula is C14H16F3NO. The van der Waals surface area contributed by atoms with Gasteiger partial charge in [-0.3, -0.25) is 4.79 Å². The minimum absolute atomic E-state index is 0.0708. The Hall–Kier alpha value is -1.52. The number of rotatable bonds is 0. The van der Waals surface area contributed by atoms with Crippen LogP contribution in [0.2, 0.25) is 0 Å². The molecule has 5 heteroatoms. The first-order chi connectivity index (χ1) is 8.59. The molecule has 1 unspecified atom stereocenters. The van der Waals surface area contributed by atoms with Crippen LogP contribution in [0.3, 0.4) is 0 Å². The molecule has 1 aromatic rings. The summed E-state index contributed by atoms with van der Waals surface area (Å²) in [6.45, 7) is 5.95. The van der Waals surface area contributed by atoms with Gasteiger partial charge in [0.05, 0.1) is 5.56 Å². The van der Waals surface area contributed by atoms with E-state index in [1.807, 2.05) is 20.8 Å². The van der Waals surface area contributed by atoms with Gasteiger partial charge in [-0.1, -0.05) is 26.8 Å². The van der Waals surface area contributed by atoms with Crippen molar-refractivity contribution in [2.45, 2.75) is 39.3 Å². The predicted molar refractivity (Wildman–Crippen MR) is 66.9 cm³/mol. The summed E-state index contributed by atoms with van der Waals surface area (Å²) in [5, 5.41) is 2.54. The maximum absolute atomic E-state index is 12.7. The van der Waals surface area contributed by atoms with Crippen LogP contribution in [0.1, 0.15) is 44.2 Å². The Balaban J connectivity index is 2.50. The zero-order chi connectivity index (χ0) is 14.4. The Morgan fingerprint density at radius 2 is 1.84 bits per heavy atom. The molecule has 1 amide bonds. The lowest BCUT2D eigenvalue weighted by Gasteiger charge is -2.35. The monoisotopic (exact) mass is 271 g/mol. The predicted octanol–water partition coefficient (Wildman–Crippen LogP) is 4.18. The molecule has 1 aliphatic rings. The summed E-state index contributed by atoms with van der Waals surface area (Å²) in [5.74, 6) is -0.301. The van der Waals surface area contributed by atoms with E-state index in [-0.39, 0.29) is 22.9 Å². The highest BCUT2D eigenvalue weighted by Gasteiger charge is 2.36. The van der Waals surface area contributed by atoms with Crippen molar-refractivity contribution in [3.63, 3.8) is 0 Å². The van der Waals surface area contributed by atoms with E-state index in [9.17, 15) is 18.0 Å². The van der Waals surface area contributed by atoms with Gasteiger partial charge in [-0.15, -0.1) is 0 Å². The van der Waals surface area contributed by atoms with Gasteiger partial charge in [0.15, 0.2) is 0 Å². The van der Waals surface area contributed by atoms with Crippen molar-refractivity contribution < 1.29 is 18.0 Å². The summed E-state index contributed by atoms with van der Waals surface area (Å²) in [6.07, 6.45) is -4.09. The van der Waals surface area contributed by atoms with Gasteiger partial charge in [-0.25, -0.2) is 0 Å². The van der Waals surface area contributed by atoms with Gasteiger partial charge in [-0.2, -0.15) is 13.2 Å². The summed E-state index contributed by atoms with van der Waals surface area (Å²) < 4.78 is 38.0. The molecule has 0 aliphatic carbocycles. The van der Waals surface area contributed by atoms with Crippen molar-refractivity contribution in [3.8, 4) is 0 Å². The van der Waals surface area contributed by atoms with Crippen LogP contribution in [-0.4, -0.2) is 5.91 Å². The third-order valence-corrected chi connectivity index (χ3v) is 3.47. The molecule has 1 N–H and O–H groups in total. The number of benzene rings is 1. The van der Waals surface area contributed by atoms with Crippen LogP contribution in [0.5, 0.6) is 0 Å². The van der Waals surface area contributed by atoms with E-state index in [0.717, 1.165) is 17.7 Å². The van der Waals surface area contributed by atoms with E-state index in [2.05, 4.69) is 5.32 Å². The Morgan fingerprint density at radius 3 is 2.37 bits per heavy atom. The van der Waals surface area contributed by atoms with E-state index in [1.165, 1.54) is 6.07 Å². The third-order valence-electron chi connectivity index (χ3n) is 3.47. The molecule has 1 aliphatic heterocycles. The SMILES string of the molecule is CC(C)(C)C1CC(=O)Nc2cc(C(F)(F)F)ccc21. The molecule has 0 saturated carbocycles. The molecule has 0 bridgehead atoms. The molecule has 0 radical (unpaired) electrons. The zero-order valence-corrected chi connectivity index (χ0v) is 11.1. The average molecular weight is 271 g/mol. The fourth-order valence-electron chi connectivity index (χ4n) is 2.41. The van der Waals surface area contributed by atoms with Crippen LogP contribution in [-0.2, 0) is 11.0 Å². The number of alkyl halides is 3. The third kappa shape index (κ3) is 2.74. The Labute approximate surface area is 110 Å². The molecule has 0 saturated heterocycles. The standard InChI is InChI=1S/C14H16F3NO/c1-13(2,3)10-7-12(19)18-11-6-8(14(15,16)17)4-5-9(10)11/h4-6,10H,7H2,1-3H3,(H,18,19). The van der Waals surface area contributed by atoms with Crippen LogP contribution in [0, 0.1) is 5.41 Å². The minimum atomic E-state index is -4.39. The van der Waals surface area contributed by atoms with E-state index >= 15 is 0 Å². The second-order valence-electron chi connectivity index (χ2n) is 5.97. The van der Waals surface area contributed by atoms with Gasteiger partial charge in [0.1, 0.15) is 0 Å². The number of halogens is 3. The molecule has 104 valence electrons. The zero-order valence-electron chi connectivity index (χ0n) is 11.1. The number of amides is 1. The number of hydrogen-bond donors (Lipinski definition) is 1. The summed E-state index contributed by atoms with van der Waals surface area (Å²) in [4.78, 5) is 11.7. The Morgan fingerprint density at radius 1 is 1.21 bits per heavy atom. The number of carbonyl (C=O) groups is 1. The van der Waals surface area contributed by atoms with Crippen LogP contribution >= 0.6 is 0 Å². The number of hydrogen-bond acceptors (Lipinski definition) is 1. The molecule has 1 heterocycles. The van der Waals surface area contributed by atoms with E-state index in [0.29, 0.717) is 6.42 Å². The Kier molecular flexibility index (Phi) is 3.11. The average Bonchev–Trinajstić information content (AvgIpc) is 2.24. The lowest BCUT2D eigenvalue weighted by Crippen LogP contribution is -2.30. The van der Waals surface area contributed by atoms with Crippen LogP contribution in [0.4, 0.5) is 18.9 Å². The summed E-state index contributed by atoms with van der Waals surface area (Å²) >= 11 is 0. The molecule has 19 heavy (non-hydrogen) atoms. The van der Waals surface area contributed by atoms with Gasteiger partial charge >= 0.3 is 6.18 Å². The minimum Gasteiger partial charge on any atom is -0.326 e. The van der Waals surface area contributed by atoms with Crippen molar-refractivity contribution in [2.24, 2.45) is 5.41 Å². The van der Waals surface area contributed by atoms with Crippen molar-refractivity contribution in [2.75, 3.05) is 5.32 Å². The maximum atomic E-state index is 12.7. The summed E-state index contributed by atoms with van der Waals surface area (Å²) in [7, 11) is 0. The topological polar surface area (TPSA) is 29.1 Å². The van der Waals surface area contributed by atoms with Gasteiger partial charge < -0.3 is 5.32 Å². The van der Waals surface area contributed by atoms with Gasteiger partial charge in [0, 0.05) is 12.1 Å². The molecule has 0 aromatic heterocycles. The van der Waals surface area contributed by atoms with Gasteiger partial charge in [0.25, 0.3) is 0 Å². The van der Waals surface area contributed by atoms with Crippen molar-refractivity contribution in [1.29, 1.82) is 0 Å². The highest BCUT2D eigenvalue weighted by Crippen LogP contribution is 2.45. The molecule has 1 aromatic carbocycles. The van der Waals surface area contributed by atoms with E-state index in [4.69, 9.17) is 0 Å². The first-order valence-corrected chi connectivity index (χ1v) is 6.10.